The Bertz CT molecular complexity index is 668. The van der Waals surface area contributed by atoms with E-state index in [1.54, 1.807) is 0 Å². The molecule has 0 aromatic heterocycles. The second-order valence-corrected chi connectivity index (χ2v) is 8.58. The van der Waals surface area contributed by atoms with Crippen molar-refractivity contribution in [3.05, 3.63) is 0 Å². The van der Waals surface area contributed by atoms with Crippen LogP contribution in [0, 0.1) is 0 Å². The molecule has 5 fully saturated rings. The third-order valence-corrected chi connectivity index (χ3v) is 6.59. The van der Waals surface area contributed by atoms with Gasteiger partial charge in [0.15, 0.2) is 18.9 Å². The highest BCUT2D eigenvalue weighted by molar-refractivity contribution is 4.99. The topological polar surface area (TPSA) is 206 Å². The number of rotatable bonds is 5. The summed E-state index contributed by atoms with van der Waals surface area (Å²) in [5.74, 6) is 0. The van der Waals surface area contributed by atoms with Crippen LogP contribution in [0.2, 0.25) is 0 Å². The molecule has 5 heterocycles. The molecule has 0 aromatic rings. The van der Waals surface area contributed by atoms with Gasteiger partial charge in [0.05, 0.1) is 19.8 Å². The van der Waals surface area contributed by atoms with E-state index >= 15 is 0 Å². The van der Waals surface area contributed by atoms with Crippen molar-refractivity contribution < 1.29 is 68.9 Å². The van der Waals surface area contributed by atoms with E-state index in [2.05, 4.69) is 0 Å². The summed E-state index contributed by atoms with van der Waals surface area (Å²) in [5.41, 5.74) is 0. The molecule has 14 heteroatoms. The summed E-state index contributed by atoms with van der Waals surface area (Å²) in [6, 6.07) is 0. The van der Waals surface area contributed by atoms with E-state index in [4.69, 9.17) is 33.2 Å². The smallest absolute Gasteiger partial charge is 0.187 e. The molecule has 5 rings (SSSR count). The molecule has 7 N–H and O–H groups in total. The fourth-order valence-electron chi connectivity index (χ4n) is 4.80. The van der Waals surface area contributed by atoms with E-state index in [1.807, 2.05) is 0 Å². The predicted molar refractivity (Wildman–Crippen MR) is 94.5 cm³/mol. The normalized spacial score (nSPS) is 57.7. The van der Waals surface area contributed by atoms with Crippen molar-refractivity contribution in [2.45, 2.75) is 92.1 Å². The van der Waals surface area contributed by atoms with Gasteiger partial charge in [0.2, 0.25) is 0 Å². The summed E-state index contributed by atoms with van der Waals surface area (Å²) < 4.78 is 38.4. The highest BCUT2D eigenvalue weighted by atomic mass is 16.8. The van der Waals surface area contributed by atoms with Crippen LogP contribution in [-0.4, -0.2) is 148 Å². The molecule has 32 heavy (non-hydrogen) atoms. The summed E-state index contributed by atoms with van der Waals surface area (Å²) >= 11 is 0. The SMILES string of the molecule is OC[C@H]1O[C@@H](O[C@H]2[C@H]3OC[C@@H]2O[C@@H](O)[C@H]3O)[C@H](O)[C@@H](O[C@@H]2O[C@H]3CO[C@@H]([C@@H]2O)[C@@H]3O)[C@H]1O. The van der Waals surface area contributed by atoms with Gasteiger partial charge in [-0.3, -0.25) is 0 Å². The van der Waals surface area contributed by atoms with Crippen LogP contribution in [0.4, 0.5) is 0 Å². The first kappa shape index (κ1) is 23.2. The fourth-order valence-corrected chi connectivity index (χ4v) is 4.80. The lowest BCUT2D eigenvalue weighted by Gasteiger charge is -2.46. The molecule has 0 radical (unpaired) electrons. The van der Waals surface area contributed by atoms with Gasteiger partial charge in [0.1, 0.15) is 73.2 Å². The summed E-state index contributed by atoms with van der Waals surface area (Å²) in [4.78, 5) is 0. The van der Waals surface area contributed by atoms with Crippen molar-refractivity contribution >= 4 is 0 Å². The van der Waals surface area contributed by atoms with Gasteiger partial charge in [-0.25, -0.2) is 0 Å². The van der Waals surface area contributed by atoms with E-state index < -0.39 is 98.7 Å². The highest BCUT2D eigenvalue weighted by Gasteiger charge is 2.56. The largest absolute Gasteiger partial charge is 0.394 e. The molecular formula is C18H28O14. The second kappa shape index (κ2) is 8.90. The Morgan fingerprint density at radius 1 is 0.625 bits per heavy atom. The molecule has 5 aliphatic heterocycles. The molecule has 0 amide bonds. The van der Waals surface area contributed by atoms with Crippen LogP contribution in [0.25, 0.3) is 0 Å². The van der Waals surface area contributed by atoms with Gasteiger partial charge in [-0.05, 0) is 0 Å². The van der Waals surface area contributed by atoms with Crippen LogP contribution in [-0.2, 0) is 33.2 Å². The first-order valence-electron chi connectivity index (χ1n) is 10.5. The Kier molecular flexibility index (Phi) is 6.45. The van der Waals surface area contributed by atoms with Gasteiger partial charge in [-0.2, -0.15) is 0 Å². The van der Waals surface area contributed by atoms with Crippen molar-refractivity contribution in [1.29, 1.82) is 0 Å². The molecule has 14 nitrogen and oxygen atoms in total. The van der Waals surface area contributed by atoms with E-state index in [9.17, 15) is 35.7 Å². The standard InChI is InChI=1S/C18H28O14/c19-1-4-7(20)14(32-17-10(23)13-8(21)5(30-17)2-26-13)11(24)18(29-4)31-12-6-3-27-15(12)9(22)16(25)28-6/h4-25H,1-3H2/t4-,5+,6+,7+,8-,9+,10+,11-,12-,13-,14+,15+,16-,17+,18+/m1/s1. The van der Waals surface area contributed by atoms with E-state index in [0.717, 1.165) is 0 Å². The minimum atomic E-state index is -1.61. The van der Waals surface area contributed by atoms with Crippen LogP contribution in [0.1, 0.15) is 0 Å². The lowest BCUT2D eigenvalue weighted by molar-refractivity contribution is -0.363. The maximum absolute atomic E-state index is 10.8. The van der Waals surface area contributed by atoms with E-state index in [0.29, 0.717) is 0 Å². The van der Waals surface area contributed by atoms with Gasteiger partial charge in [0.25, 0.3) is 0 Å². The summed E-state index contributed by atoms with van der Waals surface area (Å²) in [6.07, 6.45) is -18.1. The lowest BCUT2D eigenvalue weighted by Crippen LogP contribution is -2.65. The van der Waals surface area contributed by atoms with Crippen LogP contribution < -0.4 is 0 Å². The number of aliphatic hydroxyl groups excluding tert-OH is 7. The Morgan fingerprint density at radius 2 is 1.28 bits per heavy atom. The molecule has 0 aromatic carbocycles. The van der Waals surface area contributed by atoms with Crippen LogP contribution >= 0.6 is 0 Å². The first-order chi connectivity index (χ1) is 15.3. The van der Waals surface area contributed by atoms with Crippen molar-refractivity contribution in [2.75, 3.05) is 19.8 Å². The molecule has 5 saturated heterocycles. The van der Waals surface area contributed by atoms with E-state index in [1.165, 1.54) is 0 Å². The van der Waals surface area contributed by atoms with Gasteiger partial charge in [0, 0.05) is 0 Å². The second-order valence-electron chi connectivity index (χ2n) is 8.58. The monoisotopic (exact) mass is 468 g/mol. The van der Waals surface area contributed by atoms with Crippen molar-refractivity contribution in [3.63, 3.8) is 0 Å². The molecule has 0 unspecified atom stereocenters. The zero-order chi connectivity index (χ0) is 22.7. The van der Waals surface area contributed by atoms with Crippen molar-refractivity contribution in [2.24, 2.45) is 0 Å². The quantitative estimate of drug-likeness (QED) is 0.201. The minimum Gasteiger partial charge on any atom is -0.394 e. The predicted octanol–water partition coefficient (Wildman–Crippen LogP) is -5.48. The number of ether oxygens (including phenoxy) is 7. The molecule has 0 aliphatic carbocycles. The van der Waals surface area contributed by atoms with Gasteiger partial charge in [-0.15, -0.1) is 0 Å². The zero-order valence-electron chi connectivity index (χ0n) is 16.8. The molecule has 4 bridgehead atoms. The first-order valence-corrected chi connectivity index (χ1v) is 10.5. The Balaban J connectivity index is 1.30. The average Bonchev–Trinajstić information content (AvgIpc) is 3.23. The third-order valence-electron chi connectivity index (χ3n) is 6.59. The lowest BCUT2D eigenvalue weighted by atomic mass is 9.97. The minimum absolute atomic E-state index is 0.0332. The van der Waals surface area contributed by atoms with Crippen LogP contribution in [0.15, 0.2) is 0 Å². The number of aliphatic hydroxyl groups is 7. The number of fused-ring (bicyclic) bond motifs is 4. The van der Waals surface area contributed by atoms with Crippen LogP contribution in [0.3, 0.4) is 0 Å². The van der Waals surface area contributed by atoms with Crippen molar-refractivity contribution in [3.8, 4) is 0 Å². The average molecular weight is 468 g/mol. The molecular weight excluding hydrogens is 440 g/mol. The molecule has 184 valence electrons. The molecule has 5 aliphatic rings. The Morgan fingerprint density at radius 3 is 2.03 bits per heavy atom. The summed E-state index contributed by atoms with van der Waals surface area (Å²) in [7, 11) is 0. The fraction of sp³-hybridized carbons (Fsp3) is 1.00. The third kappa shape index (κ3) is 3.77. The molecule has 0 spiro atoms. The van der Waals surface area contributed by atoms with Crippen molar-refractivity contribution in [1.82, 2.24) is 0 Å². The summed E-state index contributed by atoms with van der Waals surface area (Å²) in [6.45, 7) is -0.558. The highest BCUT2D eigenvalue weighted by Crippen LogP contribution is 2.36. The Labute approximate surface area is 181 Å². The number of hydrogen-bond donors (Lipinski definition) is 7. The maximum Gasteiger partial charge on any atom is 0.187 e. The number of hydrogen-bond acceptors (Lipinski definition) is 14. The molecule has 0 saturated carbocycles. The summed E-state index contributed by atoms with van der Waals surface area (Å²) in [5, 5.41) is 71.3. The van der Waals surface area contributed by atoms with Gasteiger partial charge >= 0.3 is 0 Å². The van der Waals surface area contributed by atoms with Crippen LogP contribution in [0.5, 0.6) is 0 Å². The van der Waals surface area contributed by atoms with Gasteiger partial charge < -0.3 is 68.9 Å². The van der Waals surface area contributed by atoms with Gasteiger partial charge in [-0.1, -0.05) is 0 Å². The maximum atomic E-state index is 10.8. The zero-order valence-corrected chi connectivity index (χ0v) is 16.8. The molecule has 15 atom stereocenters. The van der Waals surface area contributed by atoms with E-state index in [-0.39, 0.29) is 13.2 Å². The Hall–Kier alpha value is -0.560.